The number of thiazole rings is 1. The molecule has 0 atom stereocenters. The maximum absolute atomic E-state index is 6.31. The van der Waals surface area contributed by atoms with E-state index in [0.717, 1.165) is 44.8 Å². The molecule has 3 aromatic carbocycles. The van der Waals surface area contributed by atoms with E-state index in [0.29, 0.717) is 22.5 Å². The Labute approximate surface area is 211 Å². The minimum absolute atomic E-state index is 0.551. The minimum Gasteiger partial charge on any atom is -0.497 e. The number of aromatic nitrogens is 3. The van der Waals surface area contributed by atoms with Gasteiger partial charge in [-0.05, 0) is 48.0 Å². The number of halogens is 1. The molecule has 2 heterocycles. The number of nitrogens with one attached hydrogen (secondary N) is 1. The van der Waals surface area contributed by atoms with Crippen molar-refractivity contribution in [1.29, 1.82) is 0 Å². The number of anilines is 1. The first-order valence-electron chi connectivity index (χ1n) is 10.7. The van der Waals surface area contributed by atoms with E-state index in [1.807, 2.05) is 53.9 Å². The van der Waals surface area contributed by atoms with Crippen LogP contribution in [0.25, 0.3) is 22.0 Å². The van der Waals surface area contributed by atoms with Gasteiger partial charge in [0.2, 0.25) is 0 Å². The van der Waals surface area contributed by atoms with Gasteiger partial charge in [-0.2, -0.15) is 10.2 Å². The number of rotatable bonds is 8. The predicted octanol–water partition coefficient (Wildman–Crippen LogP) is 6.83. The summed E-state index contributed by atoms with van der Waals surface area (Å²) in [5.74, 6) is 2.16. The van der Waals surface area contributed by atoms with Crippen molar-refractivity contribution in [2.75, 3.05) is 19.5 Å². The van der Waals surface area contributed by atoms with E-state index in [9.17, 15) is 0 Å². The van der Waals surface area contributed by atoms with Gasteiger partial charge in [-0.3, -0.25) is 0 Å². The minimum atomic E-state index is 0.551. The second-order valence-electron chi connectivity index (χ2n) is 7.56. The molecular weight excluding hydrogens is 484 g/mol. The van der Waals surface area contributed by atoms with Gasteiger partial charge in [0.1, 0.15) is 17.2 Å². The van der Waals surface area contributed by atoms with Crippen LogP contribution in [0, 0.1) is 0 Å². The first-order chi connectivity index (χ1) is 17.1. The maximum Gasteiger partial charge on any atom is 0.278 e. The SMILES string of the molecule is COc1ccc(CNc2cnnc3cc(-c4cc(Cl)ccc4Oc4nccs4)ccc23)c(OC)c1. The Balaban J connectivity index is 1.45. The molecule has 0 fully saturated rings. The number of hydrogen-bond acceptors (Lipinski definition) is 8. The molecule has 0 amide bonds. The van der Waals surface area contributed by atoms with E-state index in [4.69, 9.17) is 25.8 Å². The highest BCUT2D eigenvalue weighted by Crippen LogP contribution is 2.37. The fraction of sp³-hybridized carbons (Fsp3) is 0.115. The second-order valence-corrected chi connectivity index (χ2v) is 8.86. The standard InChI is InChI=1S/C26H21ClN4O3S/c1-32-19-6-3-17(25(13-19)33-2)14-29-23-15-30-31-22-11-16(4-7-20(22)23)21-12-18(27)5-8-24(21)34-26-28-9-10-35-26/h3-13,15H,14H2,1-2H3,(H,29,31). The predicted molar refractivity (Wildman–Crippen MR) is 139 cm³/mol. The Bertz CT molecular complexity index is 1480. The zero-order valence-corrected chi connectivity index (χ0v) is 20.6. The third-order valence-corrected chi connectivity index (χ3v) is 6.35. The number of nitrogens with zero attached hydrogens (tertiary/aromatic N) is 3. The summed E-state index contributed by atoms with van der Waals surface area (Å²) in [7, 11) is 3.28. The fourth-order valence-corrected chi connectivity index (χ4v) is 4.40. The van der Waals surface area contributed by atoms with Gasteiger partial charge in [-0.15, -0.1) is 0 Å². The molecule has 0 saturated carbocycles. The number of methoxy groups -OCH3 is 2. The Morgan fingerprint density at radius 1 is 0.971 bits per heavy atom. The Morgan fingerprint density at radius 2 is 1.89 bits per heavy atom. The first kappa shape index (κ1) is 22.9. The summed E-state index contributed by atoms with van der Waals surface area (Å²) in [6.45, 7) is 0.551. The molecule has 1 N–H and O–H groups in total. The summed E-state index contributed by atoms with van der Waals surface area (Å²) >= 11 is 7.74. The molecule has 35 heavy (non-hydrogen) atoms. The van der Waals surface area contributed by atoms with E-state index in [-0.39, 0.29) is 0 Å². The molecule has 9 heteroatoms. The van der Waals surface area contributed by atoms with Gasteiger partial charge in [0.15, 0.2) is 0 Å². The Hall–Kier alpha value is -3.88. The molecule has 7 nitrogen and oxygen atoms in total. The summed E-state index contributed by atoms with van der Waals surface area (Å²) < 4.78 is 16.8. The molecule has 5 aromatic rings. The van der Waals surface area contributed by atoms with Crippen LogP contribution in [0.1, 0.15) is 5.56 Å². The zero-order valence-electron chi connectivity index (χ0n) is 19.0. The highest BCUT2D eigenvalue weighted by molar-refractivity contribution is 7.11. The van der Waals surface area contributed by atoms with Crippen molar-refractivity contribution in [3.05, 3.63) is 83.0 Å². The van der Waals surface area contributed by atoms with E-state index in [1.165, 1.54) is 11.3 Å². The number of benzene rings is 3. The summed E-state index contributed by atoms with van der Waals surface area (Å²) in [6.07, 6.45) is 3.42. The average molecular weight is 505 g/mol. The van der Waals surface area contributed by atoms with Crippen LogP contribution in [0.5, 0.6) is 22.4 Å². The normalized spacial score (nSPS) is 10.8. The molecule has 0 aliphatic heterocycles. The van der Waals surface area contributed by atoms with Crippen molar-refractivity contribution >= 4 is 39.5 Å². The zero-order chi connectivity index (χ0) is 24.2. The molecule has 0 bridgehead atoms. The summed E-state index contributed by atoms with van der Waals surface area (Å²) in [5.41, 5.74) is 4.37. The van der Waals surface area contributed by atoms with E-state index >= 15 is 0 Å². The van der Waals surface area contributed by atoms with Crippen LogP contribution < -0.4 is 19.5 Å². The van der Waals surface area contributed by atoms with E-state index in [1.54, 1.807) is 32.7 Å². The third-order valence-electron chi connectivity index (χ3n) is 5.46. The summed E-state index contributed by atoms with van der Waals surface area (Å²) in [4.78, 5) is 4.21. The van der Waals surface area contributed by atoms with Gasteiger partial charge in [0.05, 0.1) is 31.6 Å². The fourth-order valence-electron chi connectivity index (χ4n) is 3.73. The van der Waals surface area contributed by atoms with Gasteiger partial charge in [0, 0.05) is 45.7 Å². The average Bonchev–Trinajstić information content (AvgIpc) is 3.41. The van der Waals surface area contributed by atoms with E-state index < -0.39 is 0 Å². The molecular formula is C26H21ClN4O3S. The largest absolute Gasteiger partial charge is 0.497 e. The lowest BCUT2D eigenvalue weighted by Gasteiger charge is -2.14. The first-order valence-corrected chi connectivity index (χ1v) is 12.0. The highest BCUT2D eigenvalue weighted by Gasteiger charge is 2.13. The van der Waals surface area contributed by atoms with Crippen molar-refractivity contribution in [2.24, 2.45) is 0 Å². The monoisotopic (exact) mass is 504 g/mol. The quantitative estimate of drug-likeness (QED) is 0.248. The van der Waals surface area contributed by atoms with Crippen LogP contribution in [0.4, 0.5) is 5.69 Å². The van der Waals surface area contributed by atoms with Gasteiger partial charge in [0.25, 0.3) is 5.19 Å². The molecule has 0 unspecified atom stereocenters. The van der Waals surface area contributed by atoms with Crippen LogP contribution in [0.15, 0.2) is 72.4 Å². The second kappa shape index (κ2) is 10.2. The van der Waals surface area contributed by atoms with Crippen LogP contribution in [-0.4, -0.2) is 29.4 Å². The van der Waals surface area contributed by atoms with Gasteiger partial charge < -0.3 is 19.5 Å². The molecule has 0 saturated heterocycles. The molecule has 0 aliphatic carbocycles. The molecule has 0 aliphatic rings. The lowest BCUT2D eigenvalue weighted by molar-refractivity contribution is 0.391. The van der Waals surface area contributed by atoms with E-state index in [2.05, 4.69) is 20.5 Å². The molecule has 0 radical (unpaired) electrons. The topological polar surface area (TPSA) is 78.4 Å². The van der Waals surface area contributed by atoms with Crippen LogP contribution in [0.2, 0.25) is 5.02 Å². The summed E-state index contributed by atoms with van der Waals surface area (Å²) in [5, 5.41) is 16.0. The van der Waals surface area contributed by atoms with Crippen molar-refractivity contribution < 1.29 is 14.2 Å². The highest BCUT2D eigenvalue weighted by atomic mass is 35.5. The lowest BCUT2D eigenvalue weighted by Crippen LogP contribution is -2.03. The Kier molecular flexibility index (Phi) is 6.65. The lowest BCUT2D eigenvalue weighted by atomic mass is 10.0. The summed E-state index contributed by atoms with van der Waals surface area (Å²) in [6, 6.07) is 17.3. The number of ether oxygens (including phenoxy) is 3. The number of fused-ring (bicyclic) bond motifs is 1. The molecule has 2 aromatic heterocycles. The third kappa shape index (κ3) is 4.99. The van der Waals surface area contributed by atoms with Crippen LogP contribution in [0.3, 0.4) is 0 Å². The van der Waals surface area contributed by atoms with Crippen LogP contribution in [-0.2, 0) is 6.54 Å². The molecule has 176 valence electrons. The van der Waals surface area contributed by atoms with Crippen molar-refractivity contribution in [2.45, 2.75) is 6.54 Å². The molecule has 0 spiro atoms. The Morgan fingerprint density at radius 3 is 2.69 bits per heavy atom. The van der Waals surface area contributed by atoms with Gasteiger partial charge in [-0.1, -0.05) is 29.0 Å². The van der Waals surface area contributed by atoms with Gasteiger partial charge >= 0.3 is 0 Å². The van der Waals surface area contributed by atoms with Crippen molar-refractivity contribution in [1.82, 2.24) is 15.2 Å². The molecule has 5 rings (SSSR count). The maximum atomic E-state index is 6.31. The van der Waals surface area contributed by atoms with Crippen molar-refractivity contribution in [3.63, 3.8) is 0 Å². The van der Waals surface area contributed by atoms with Crippen LogP contribution >= 0.6 is 22.9 Å². The number of hydrogen-bond donors (Lipinski definition) is 1. The smallest absolute Gasteiger partial charge is 0.278 e. The van der Waals surface area contributed by atoms with Crippen molar-refractivity contribution in [3.8, 4) is 33.6 Å². The van der Waals surface area contributed by atoms with Gasteiger partial charge in [-0.25, -0.2) is 4.98 Å².